The highest BCUT2D eigenvalue weighted by atomic mass is 19.3. The van der Waals surface area contributed by atoms with E-state index in [0.717, 1.165) is 38.2 Å². The number of carbonyl (C=O) groups is 1. The quantitative estimate of drug-likeness (QED) is 0.406. The number of allylic oxidation sites excluding steroid dienone is 4. The molecular formula is C27H43F5O3. The van der Waals surface area contributed by atoms with Crippen molar-refractivity contribution in [3.05, 3.63) is 52.1 Å². The number of carbonyl (C=O) groups excluding carboxylic acids is 1. The molecule has 0 amide bonds. The van der Waals surface area contributed by atoms with Crippen LogP contribution in [0.15, 0.2) is 34.9 Å². The number of aliphatic hydroxyl groups is 1. The van der Waals surface area contributed by atoms with E-state index in [1.165, 1.54) is 25.0 Å². The highest BCUT2D eigenvalue weighted by molar-refractivity contribution is 5.34. The zero-order valence-electron chi connectivity index (χ0n) is 22.6. The minimum Gasteiger partial charge on any atom is -0.487 e. The van der Waals surface area contributed by atoms with Crippen LogP contribution in [-0.4, -0.2) is 37.7 Å². The molecule has 1 aromatic rings. The third kappa shape index (κ3) is 14.7. The van der Waals surface area contributed by atoms with Crippen LogP contribution in [0.2, 0.25) is 0 Å². The minimum atomic E-state index is -2.53. The zero-order valence-corrected chi connectivity index (χ0v) is 22.6. The van der Waals surface area contributed by atoms with Gasteiger partial charge in [-0.15, -0.1) is 0 Å². The third-order valence-corrected chi connectivity index (χ3v) is 5.12. The molecule has 0 aliphatic heterocycles. The van der Waals surface area contributed by atoms with E-state index in [1.54, 1.807) is 0 Å². The molecule has 0 bridgehead atoms. The maximum Gasteiger partial charge on any atom is 0.248 e. The lowest BCUT2D eigenvalue weighted by molar-refractivity contribution is -0.0980. The van der Waals surface area contributed by atoms with Crippen molar-refractivity contribution in [3.63, 3.8) is 0 Å². The van der Waals surface area contributed by atoms with Gasteiger partial charge < -0.3 is 14.6 Å². The van der Waals surface area contributed by atoms with Crippen LogP contribution in [0, 0.1) is 24.5 Å². The SMILES string of the molecule is C/C=C(/C)C1=C(C)CC(C(C)(F)F)CC1.C=O.CC.CO.Cc1cc(F)c(OCC(C)F)cc1F. The van der Waals surface area contributed by atoms with Crippen LogP contribution < -0.4 is 4.74 Å². The molecule has 2 rings (SSSR count). The summed E-state index contributed by atoms with van der Waals surface area (Å²) in [6.07, 6.45) is 2.81. The van der Waals surface area contributed by atoms with E-state index in [0.29, 0.717) is 12.8 Å². The first-order valence-corrected chi connectivity index (χ1v) is 11.5. The lowest BCUT2D eigenvalue weighted by Crippen LogP contribution is -2.27. The lowest BCUT2D eigenvalue weighted by Gasteiger charge is -2.30. The maximum absolute atomic E-state index is 13.2. The van der Waals surface area contributed by atoms with Crippen molar-refractivity contribution in [2.45, 2.75) is 86.7 Å². The van der Waals surface area contributed by atoms with Gasteiger partial charge in [0.1, 0.15) is 25.4 Å². The summed E-state index contributed by atoms with van der Waals surface area (Å²) in [4.78, 5) is 8.00. The van der Waals surface area contributed by atoms with E-state index in [2.05, 4.69) is 13.0 Å². The smallest absolute Gasteiger partial charge is 0.248 e. The number of hydrogen-bond acceptors (Lipinski definition) is 3. The molecule has 0 aromatic heterocycles. The van der Waals surface area contributed by atoms with Crippen LogP contribution in [-0.2, 0) is 4.79 Å². The van der Waals surface area contributed by atoms with Crippen molar-refractivity contribution < 1.29 is 36.6 Å². The van der Waals surface area contributed by atoms with Crippen molar-refractivity contribution >= 4 is 6.79 Å². The Labute approximate surface area is 208 Å². The summed E-state index contributed by atoms with van der Waals surface area (Å²) in [6.45, 7) is 15.5. The molecule has 8 heteroatoms. The van der Waals surface area contributed by atoms with Crippen LogP contribution in [0.3, 0.4) is 0 Å². The normalized spacial score (nSPS) is 16.1. The first kappa shape index (κ1) is 37.3. The van der Waals surface area contributed by atoms with E-state index in [4.69, 9.17) is 14.6 Å². The molecule has 1 aromatic carbocycles. The summed E-state index contributed by atoms with van der Waals surface area (Å²) >= 11 is 0. The van der Waals surface area contributed by atoms with Gasteiger partial charge in [0.25, 0.3) is 0 Å². The highest BCUT2D eigenvalue weighted by Gasteiger charge is 2.36. The largest absolute Gasteiger partial charge is 0.487 e. The van der Waals surface area contributed by atoms with E-state index < -0.39 is 29.6 Å². The van der Waals surface area contributed by atoms with Crippen LogP contribution in [0.5, 0.6) is 5.75 Å². The molecule has 0 heterocycles. The molecule has 204 valence electrons. The second-order valence-electron chi connectivity index (χ2n) is 7.75. The number of alkyl halides is 3. The van der Waals surface area contributed by atoms with Gasteiger partial charge in [-0.05, 0) is 78.0 Å². The molecule has 1 aliphatic rings. The molecule has 0 saturated carbocycles. The van der Waals surface area contributed by atoms with Gasteiger partial charge in [0.15, 0.2) is 11.6 Å². The Morgan fingerprint density at radius 2 is 1.71 bits per heavy atom. The van der Waals surface area contributed by atoms with E-state index >= 15 is 0 Å². The van der Waals surface area contributed by atoms with Crippen molar-refractivity contribution in [1.29, 1.82) is 0 Å². The van der Waals surface area contributed by atoms with Gasteiger partial charge in [0, 0.05) is 19.1 Å². The Morgan fingerprint density at radius 3 is 2.11 bits per heavy atom. The number of rotatable bonds is 5. The van der Waals surface area contributed by atoms with Gasteiger partial charge in [-0.1, -0.05) is 31.1 Å². The van der Waals surface area contributed by atoms with E-state index in [1.807, 2.05) is 34.5 Å². The maximum atomic E-state index is 13.2. The Morgan fingerprint density at radius 1 is 1.20 bits per heavy atom. The van der Waals surface area contributed by atoms with Crippen LogP contribution in [0.4, 0.5) is 22.0 Å². The number of halogens is 5. The van der Waals surface area contributed by atoms with Gasteiger partial charge >= 0.3 is 0 Å². The minimum absolute atomic E-state index is 0.197. The number of aryl methyl sites for hydroxylation is 1. The Balaban J connectivity index is -0.000000482. The van der Waals surface area contributed by atoms with Crippen molar-refractivity contribution in [1.82, 2.24) is 0 Å². The molecule has 0 saturated heterocycles. The molecule has 1 aliphatic carbocycles. The monoisotopic (exact) mass is 510 g/mol. The lowest BCUT2D eigenvalue weighted by atomic mass is 9.79. The summed E-state index contributed by atoms with van der Waals surface area (Å²) in [5.74, 6) is -4.49. The fraction of sp³-hybridized carbons (Fsp3) is 0.593. The molecule has 35 heavy (non-hydrogen) atoms. The first-order chi connectivity index (χ1) is 16.4. The predicted molar refractivity (Wildman–Crippen MR) is 134 cm³/mol. The van der Waals surface area contributed by atoms with Crippen molar-refractivity contribution in [2.75, 3.05) is 13.7 Å². The molecule has 2 atom stereocenters. The Bertz CT molecular complexity index is 769. The molecule has 0 spiro atoms. The summed E-state index contributed by atoms with van der Waals surface area (Å²) < 4.78 is 69.4. The van der Waals surface area contributed by atoms with E-state index in [-0.39, 0.29) is 17.9 Å². The van der Waals surface area contributed by atoms with Gasteiger partial charge in [-0.25, -0.2) is 22.0 Å². The highest BCUT2D eigenvalue weighted by Crippen LogP contribution is 2.40. The van der Waals surface area contributed by atoms with Crippen molar-refractivity contribution in [3.8, 4) is 5.75 Å². The second-order valence-corrected chi connectivity index (χ2v) is 7.75. The fourth-order valence-corrected chi connectivity index (χ4v) is 3.21. The first-order valence-electron chi connectivity index (χ1n) is 11.5. The molecule has 3 nitrogen and oxygen atoms in total. The molecular weight excluding hydrogens is 467 g/mol. The molecule has 0 radical (unpaired) electrons. The summed E-state index contributed by atoms with van der Waals surface area (Å²) in [5, 5.41) is 7.00. The average molecular weight is 511 g/mol. The average Bonchev–Trinajstić information content (AvgIpc) is 2.83. The molecule has 0 fully saturated rings. The van der Waals surface area contributed by atoms with Crippen LogP contribution in [0.1, 0.15) is 73.3 Å². The topological polar surface area (TPSA) is 46.5 Å². The number of benzene rings is 1. The van der Waals surface area contributed by atoms with Crippen LogP contribution in [0.25, 0.3) is 0 Å². The molecule has 2 unspecified atom stereocenters. The van der Waals surface area contributed by atoms with Gasteiger partial charge in [-0.3, -0.25) is 0 Å². The van der Waals surface area contributed by atoms with Gasteiger partial charge in [0.2, 0.25) is 5.92 Å². The number of hydrogen-bond donors (Lipinski definition) is 1. The van der Waals surface area contributed by atoms with Gasteiger partial charge in [0.05, 0.1) is 0 Å². The van der Waals surface area contributed by atoms with E-state index in [9.17, 15) is 22.0 Å². The summed E-state index contributed by atoms with van der Waals surface area (Å²) in [5.41, 5.74) is 3.87. The van der Waals surface area contributed by atoms with Gasteiger partial charge in [-0.2, -0.15) is 0 Å². The fourth-order valence-electron chi connectivity index (χ4n) is 3.21. The Kier molecular flexibility index (Phi) is 21.4. The standard InChI is InChI=1S/C13H20F2.C10H11F3O.C2H6.CH4O.CH2O/c1-5-9(2)12-7-6-11(8-10(12)3)13(4,14)15;1-6-3-9(13)10(4-8(6)12)14-5-7(2)11;3*1-2/h5,11H,6-8H2,1-4H3;3-4,7H,5H2,1-2H3;1-2H3;2H,1H3;1H2/b9-5-;;;;. The van der Waals surface area contributed by atoms with Crippen molar-refractivity contribution in [2.24, 2.45) is 5.92 Å². The van der Waals surface area contributed by atoms with Crippen LogP contribution >= 0.6 is 0 Å². The predicted octanol–water partition coefficient (Wildman–Crippen LogP) is 8.18. The summed E-state index contributed by atoms with van der Waals surface area (Å²) in [7, 11) is 1.00. The number of ether oxygens (including phenoxy) is 1. The third-order valence-electron chi connectivity index (χ3n) is 5.12. The Hall–Kier alpha value is -2.22. The zero-order chi connectivity index (χ0) is 28.4. The molecule has 1 N–H and O–H groups in total. The number of aliphatic hydroxyl groups excluding tert-OH is 1. The summed E-state index contributed by atoms with van der Waals surface area (Å²) in [6, 6.07) is 1.95. The second kappa shape index (κ2) is 20.0.